The maximum atomic E-state index is 11.6. The highest BCUT2D eigenvalue weighted by molar-refractivity contribution is 5.80. The predicted octanol–water partition coefficient (Wildman–Crippen LogP) is 9.07. The Morgan fingerprint density at radius 3 is 1.50 bits per heavy atom. The van der Waals surface area contributed by atoms with Crippen LogP contribution in [0.25, 0.3) is 0 Å². The number of aliphatic hydroxyl groups excluding tert-OH is 2. The number of aromatic hydroxyl groups is 1. The molecule has 3 atom stereocenters. The zero-order valence-corrected chi connectivity index (χ0v) is 24.8. The van der Waals surface area contributed by atoms with Crippen molar-refractivity contribution in [2.24, 2.45) is 5.92 Å². The van der Waals surface area contributed by atoms with Gasteiger partial charge < -0.3 is 15.3 Å². The maximum Gasteiger partial charge on any atom is 0.135 e. The molecular formula is C34H60O4. The van der Waals surface area contributed by atoms with Crippen molar-refractivity contribution in [3.05, 3.63) is 29.8 Å². The number of Topliss-reactive ketones (excluding diaryl/α,β-unsaturated/α-hetero) is 1. The number of hydrogen-bond acceptors (Lipinski definition) is 4. The molecule has 0 aliphatic rings. The minimum absolute atomic E-state index is 0.137. The average molecular weight is 533 g/mol. The summed E-state index contributed by atoms with van der Waals surface area (Å²) in [6, 6.07) is 7.61. The quantitative estimate of drug-likeness (QED) is 0.104. The van der Waals surface area contributed by atoms with Crippen LogP contribution < -0.4 is 0 Å². The Bertz CT molecular complexity index is 672. The summed E-state index contributed by atoms with van der Waals surface area (Å²) in [7, 11) is 0. The van der Waals surface area contributed by atoms with Crippen LogP contribution in [0.15, 0.2) is 24.3 Å². The summed E-state index contributed by atoms with van der Waals surface area (Å²) in [5.74, 6) is 0.820. The lowest BCUT2D eigenvalue weighted by Crippen LogP contribution is -2.17. The van der Waals surface area contributed by atoms with Gasteiger partial charge in [-0.15, -0.1) is 0 Å². The first-order valence-corrected chi connectivity index (χ1v) is 16.1. The standard InChI is InChI=1S/C34H60O4/c1-3-34(38)29(2)20-18-19-23-33(37)28-32(36)22-17-15-13-11-9-7-5-4-6-8-10-12-14-16-21-30-24-26-31(35)27-25-30/h24-27,29,32-33,35-37H,3-23,28H2,1-2H3/t29-,32+,33+/m0/s1. The molecule has 0 aliphatic heterocycles. The first-order chi connectivity index (χ1) is 18.4. The SMILES string of the molecule is CCC(=O)[C@@H](C)CCCC[C@@H](O)C[C@H](O)CCCCCCCCCCCCCCCCc1ccc(O)cc1. The lowest BCUT2D eigenvalue weighted by Gasteiger charge is -2.16. The van der Waals surface area contributed by atoms with Crippen molar-refractivity contribution in [1.82, 2.24) is 0 Å². The van der Waals surface area contributed by atoms with Crippen molar-refractivity contribution in [1.29, 1.82) is 0 Å². The molecule has 0 fully saturated rings. The van der Waals surface area contributed by atoms with E-state index >= 15 is 0 Å². The topological polar surface area (TPSA) is 77.8 Å². The highest BCUT2D eigenvalue weighted by Gasteiger charge is 2.13. The van der Waals surface area contributed by atoms with Gasteiger partial charge >= 0.3 is 0 Å². The lowest BCUT2D eigenvalue weighted by molar-refractivity contribution is -0.122. The van der Waals surface area contributed by atoms with Crippen LogP contribution in [0.5, 0.6) is 5.75 Å². The van der Waals surface area contributed by atoms with Gasteiger partial charge in [0, 0.05) is 12.3 Å². The maximum absolute atomic E-state index is 11.6. The van der Waals surface area contributed by atoms with Gasteiger partial charge in [-0.2, -0.15) is 0 Å². The van der Waals surface area contributed by atoms with Crippen LogP contribution in [0.1, 0.15) is 154 Å². The molecule has 1 rings (SSSR count). The molecule has 0 saturated heterocycles. The fraction of sp³-hybridized carbons (Fsp3) is 0.794. The van der Waals surface area contributed by atoms with E-state index in [1.165, 1.54) is 89.0 Å². The van der Waals surface area contributed by atoms with E-state index in [4.69, 9.17) is 0 Å². The predicted molar refractivity (Wildman–Crippen MR) is 161 cm³/mol. The lowest BCUT2D eigenvalue weighted by atomic mass is 9.95. The van der Waals surface area contributed by atoms with Crippen LogP contribution in [0.2, 0.25) is 0 Å². The summed E-state index contributed by atoms with van der Waals surface area (Å²) in [6.07, 6.45) is 24.0. The number of carbonyl (C=O) groups excluding carboxylic acids is 1. The van der Waals surface area contributed by atoms with Gasteiger partial charge in [-0.3, -0.25) is 4.79 Å². The van der Waals surface area contributed by atoms with Gasteiger partial charge in [0.1, 0.15) is 11.5 Å². The third kappa shape index (κ3) is 19.6. The first-order valence-electron chi connectivity index (χ1n) is 16.1. The molecule has 0 saturated carbocycles. The number of rotatable bonds is 26. The Morgan fingerprint density at radius 1 is 0.632 bits per heavy atom. The van der Waals surface area contributed by atoms with Crippen molar-refractivity contribution in [2.45, 2.75) is 167 Å². The zero-order valence-electron chi connectivity index (χ0n) is 24.8. The average Bonchev–Trinajstić information content (AvgIpc) is 2.91. The Kier molecular flexibility index (Phi) is 21.4. The smallest absolute Gasteiger partial charge is 0.135 e. The van der Waals surface area contributed by atoms with Crippen molar-refractivity contribution < 1.29 is 20.1 Å². The van der Waals surface area contributed by atoms with Crippen LogP contribution >= 0.6 is 0 Å². The van der Waals surface area contributed by atoms with Gasteiger partial charge in [0.25, 0.3) is 0 Å². The molecule has 0 aromatic heterocycles. The van der Waals surface area contributed by atoms with Gasteiger partial charge in [-0.25, -0.2) is 0 Å². The molecule has 0 aliphatic carbocycles. The number of unbranched alkanes of at least 4 members (excludes halogenated alkanes) is 14. The Labute approximate surface area is 234 Å². The summed E-state index contributed by atoms with van der Waals surface area (Å²) < 4.78 is 0. The number of aryl methyl sites for hydroxylation is 1. The second-order valence-electron chi connectivity index (χ2n) is 11.7. The summed E-state index contributed by atoms with van der Waals surface area (Å²) in [5, 5.41) is 29.7. The van der Waals surface area contributed by atoms with Crippen LogP contribution in [-0.4, -0.2) is 33.3 Å². The van der Waals surface area contributed by atoms with E-state index in [1.54, 1.807) is 12.1 Å². The minimum atomic E-state index is -0.418. The van der Waals surface area contributed by atoms with E-state index in [2.05, 4.69) is 0 Å². The summed E-state index contributed by atoms with van der Waals surface area (Å²) in [5.41, 5.74) is 1.32. The largest absolute Gasteiger partial charge is 0.508 e. The molecule has 0 bridgehead atoms. The van der Waals surface area contributed by atoms with E-state index in [1.807, 2.05) is 26.0 Å². The molecule has 3 N–H and O–H groups in total. The third-order valence-electron chi connectivity index (χ3n) is 8.06. The van der Waals surface area contributed by atoms with Crippen LogP contribution in [0.4, 0.5) is 0 Å². The van der Waals surface area contributed by atoms with Crippen molar-refractivity contribution in [3.63, 3.8) is 0 Å². The molecule has 4 nitrogen and oxygen atoms in total. The van der Waals surface area contributed by atoms with Gasteiger partial charge in [-0.05, 0) is 56.2 Å². The van der Waals surface area contributed by atoms with E-state index in [-0.39, 0.29) is 12.0 Å². The number of phenols is 1. The third-order valence-corrected chi connectivity index (χ3v) is 8.06. The Balaban J connectivity index is 1.80. The summed E-state index contributed by atoms with van der Waals surface area (Å²) >= 11 is 0. The number of carbonyl (C=O) groups is 1. The van der Waals surface area contributed by atoms with Gasteiger partial charge in [0.2, 0.25) is 0 Å². The monoisotopic (exact) mass is 532 g/mol. The second kappa shape index (κ2) is 23.5. The van der Waals surface area contributed by atoms with E-state index in [0.29, 0.717) is 24.4 Å². The molecule has 220 valence electrons. The number of hydrogen-bond donors (Lipinski definition) is 3. The van der Waals surface area contributed by atoms with Crippen molar-refractivity contribution >= 4 is 5.78 Å². The normalized spacial score (nSPS) is 13.9. The molecule has 0 radical (unpaired) electrons. The van der Waals surface area contributed by atoms with Crippen molar-refractivity contribution in [2.75, 3.05) is 0 Å². The zero-order chi connectivity index (χ0) is 27.8. The van der Waals surface area contributed by atoms with E-state index in [0.717, 1.165) is 44.9 Å². The molecule has 0 spiro atoms. The summed E-state index contributed by atoms with van der Waals surface area (Å²) in [4.78, 5) is 11.6. The molecule has 1 aromatic carbocycles. The number of benzene rings is 1. The molecule has 0 heterocycles. The fourth-order valence-electron chi connectivity index (χ4n) is 5.38. The van der Waals surface area contributed by atoms with Crippen LogP contribution in [-0.2, 0) is 11.2 Å². The number of ketones is 1. The molecule has 0 unspecified atom stereocenters. The summed E-state index contributed by atoms with van der Waals surface area (Å²) in [6.45, 7) is 3.92. The number of phenolic OH excluding ortho intramolecular Hbond substituents is 1. The molecule has 0 amide bonds. The van der Waals surface area contributed by atoms with Gasteiger partial charge in [-0.1, -0.05) is 122 Å². The molecule has 4 heteroatoms. The number of aliphatic hydroxyl groups is 2. The Morgan fingerprint density at radius 2 is 1.03 bits per heavy atom. The molecule has 1 aromatic rings. The van der Waals surface area contributed by atoms with E-state index in [9.17, 15) is 20.1 Å². The van der Waals surface area contributed by atoms with Gasteiger partial charge in [0.05, 0.1) is 12.2 Å². The van der Waals surface area contributed by atoms with Gasteiger partial charge in [0.15, 0.2) is 0 Å². The van der Waals surface area contributed by atoms with E-state index < -0.39 is 6.10 Å². The minimum Gasteiger partial charge on any atom is -0.508 e. The Hall–Kier alpha value is -1.39. The highest BCUT2D eigenvalue weighted by Crippen LogP contribution is 2.18. The highest BCUT2D eigenvalue weighted by atomic mass is 16.3. The molecular weight excluding hydrogens is 472 g/mol. The fourth-order valence-corrected chi connectivity index (χ4v) is 5.38. The molecule has 38 heavy (non-hydrogen) atoms. The van der Waals surface area contributed by atoms with Crippen LogP contribution in [0.3, 0.4) is 0 Å². The van der Waals surface area contributed by atoms with Crippen LogP contribution in [0, 0.1) is 5.92 Å². The first kappa shape index (κ1) is 34.6. The second-order valence-corrected chi connectivity index (χ2v) is 11.7. The van der Waals surface area contributed by atoms with Crippen molar-refractivity contribution in [3.8, 4) is 5.75 Å².